The number of para-hydroxylation sites is 1. The smallest absolute Gasteiger partial charge is 0.226 e. The molecule has 1 aliphatic heterocycles. The van der Waals surface area contributed by atoms with Gasteiger partial charge in [-0.25, -0.2) is 4.98 Å². The largest absolute Gasteiger partial charge is 0.342 e. The monoisotopic (exact) mass is 340 g/mol. The second-order valence-corrected chi connectivity index (χ2v) is 8.25. The number of thiazole rings is 1. The van der Waals surface area contributed by atoms with Crippen LogP contribution in [0.3, 0.4) is 0 Å². The SMILES string of the molecule is CC1CCN(C(=O)C2CC=CCC2c2nc3ccccc3s2)CC1. The van der Waals surface area contributed by atoms with E-state index in [4.69, 9.17) is 4.98 Å². The van der Waals surface area contributed by atoms with E-state index in [1.54, 1.807) is 11.3 Å². The summed E-state index contributed by atoms with van der Waals surface area (Å²) in [6.07, 6.45) is 8.46. The van der Waals surface area contributed by atoms with Crippen LogP contribution in [0.1, 0.15) is 43.5 Å². The van der Waals surface area contributed by atoms with Crippen molar-refractivity contribution in [2.45, 2.75) is 38.5 Å². The number of amides is 1. The van der Waals surface area contributed by atoms with Gasteiger partial charge in [0.05, 0.1) is 21.1 Å². The summed E-state index contributed by atoms with van der Waals surface area (Å²) >= 11 is 1.76. The summed E-state index contributed by atoms with van der Waals surface area (Å²) in [5.41, 5.74) is 1.06. The quantitative estimate of drug-likeness (QED) is 0.748. The molecule has 1 aromatic carbocycles. The highest BCUT2D eigenvalue weighted by atomic mass is 32.1. The summed E-state index contributed by atoms with van der Waals surface area (Å²) in [6.45, 7) is 4.13. The van der Waals surface area contributed by atoms with Crippen molar-refractivity contribution in [3.63, 3.8) is 0 Å². The zero-order chi connectivity index (χ0) is 16.5. The van der Waals surface area contributed by atoms with E-state index in [-0.39, 0.29) is 11.8 Å². The number of fused-ring (bicyclic) bond motifs is 1. The first kappa shape index (κ1) is 15.8. The maximum absolute atomic E-state index is 13.1. The highest BCUT2D eigenvalue weighted by Gasteiger charge is 2.35. The van der Waals surface area contributed by atoms with Crippen LogP contribution in [0.2, 0.25) is 0 Å². The van der Waals surface area contributed by atoms with Gasteiger partial charge in [-0.3, -0.25) is 4.79 Å². The maximum Gasteiger partial charge on any atom is 0.226 e. The van der Waals surface area contributed by atoms with Crippen LogP contribution in [-0.2, 0) is 4.79 Å². The molecule has 1 fully saturated rings. The van der Waals surface area contributed by atoms with Gasteiger partial charge in [0.1, 0.15) is 0 Å². The van der Waals surface area contributed by atoms with E-state index in [9.17, 15) is 4.79 Å². The van der Waals surface area contributed by atoms with Gasteiger partial charge >= 0.3 is 0 Å². The predicted molar refractivity (Wildman–Crippen MR) is 99.2 cm³/mol. The maximum atomic E-state index is 13.1. The molecule has 2 atom stereocenters. The highest BCUT2D eigenvalue weighted by Crippen LogP contribution is 2.39. The Morgan fingerprint density at radius 3 is 2.71 bits per heavy atom. The number of likely N-dealkylation sites (tertiary alicyclic amines) is 1. The lowest BCUT2D eigenvalue weighted by Gasteiger charge is -2.35. The van der Waals surface area contributed by atoms with Crippen molar-refractivity contribution in [2.75, 3.05) is 13.1 Å². The molecular weight excluding hydrogens is 316 g/mol. The molecular formula is C20H24N2OS. The van der Waals surface area contributed by atoms with Gasteiger partial charge in [-0.1, -0.05) is 31.2 Å². The number of benzene rings is 1. The van der Waals surface area contributed by atoms with Gasteiger partial charge in [-0.05, 0) is 43.7 Å². The van der Waals surface area contributed by atoms with Crippen molar-refractivity contribution in [3.8, 4) is 0 Å². The van der Waals surface area contributed by atoms with Crippen LogP contribution < -0.4 is 0 Å². The summed E-state index contributed by atoms with van der Waals surface area (Å²) < 4.78 is 1.22. The molecule has 1 aromatic heterocycles. The van der Waals surface area contributed by atoms with Gasteiger partial charge in [0.15, 0.2) is 0 Å². The number of piperidine rings is 1. The number of aromatic nitrogens is 1. The van der Waals surface area contributed by atoms with Gasteiger partial charge < -0.3 is 4.90 Å². The first-order chi connectivity index (χ1) is 11.7. The fourth-order valence-electron chi connectivity index (χ4n) is 3.87. The molecule has 0 radical (unpaired) electrons. The molecule has 4 heteroatoms. The molecule has 0 saturated carbocycles. The molecule has 3 nitrogen and oxygen atoms in total. The van der Waals surface area contributed by atoms with Crippen LogP contribution in [0.5, 0.6) is 0 Å². The zero-order valence-electron chi connectivity index (χ0n) is 14.1. The molecule has 0 N–H and O–H groups in total. The lowest BCUT2D eigenvalue weighted by molar-refractivity contribution is -0.137. The molecule has 0 bridgehead atoms. The molecule has 1 aliphatic carbocycles. The van der Waals surface area contributed by atoms with Gasteiger partial charge in [-0.2, -0.15) is 0 Å². The minimum atomic E-state index is 0.0592. The molecule has 4 rings (SSSR count). The van der Waals surface area contributed by atoms with Crippen molar-refractivity contribution >= 4 is 27.5 Å². The second kappa shape index (κ2) is 6.67. The first-order valence-corrected chi connectivity index (χ1v) is 9.83. The molecule has 2 aromatic rings. The van der Waals surface area contributed by atoms with Crippen LogP contribution in [0.25, 0.3) is 10.2 Å². The van der Waals surface area contributed by atoms with Crippen molar-refractivity contribution < 1.29 is 4.79 Å². The highest BCUT2D eigenvalue weighted by molar-refractivity contribution is 7.18. The van der Waals surface area contributed by atoms with Gasteiger partial charge in [0, 0.05) is 19.0 Å². The van der Waals surface area contributed by atoms with Crippen LogP contribution in [0.15, 0.2) is 36.4 Å². The first-order valence-electron chi connectivity index (χ1n) is 9.01. The third-order valence-electron chi connectivity index (χ3n) is 5.47. The molecule has 1 saturated heterocycles. The van der Waals surface area contributed by atoms with E-state index < -0.39 is 0 Å². The van der Waals surface area contributed by atoms with Gasteiger partial charge in [0.25, 0.3) is 0 Å². The van der Waals surface area contributed by atoms with E-state index in [0.29, 0.717) is 5.91 Å². The van der Waals surface area contributed by atoms with E-state index in [1.165, 1.54) is 4.70 Å². The Bertz CT molecular complexity index is 725. The van der Waals surface area contributed by atoms with Gasteiger partial charge in [0.2, 0.25) is 5.91 Å². The number of allylic oxidation sites excluding steroid dienone is 2. The fourth-order valence-corrected chi connectivity index (χ4v) is 5.02. The minimum Gasteiger partial charge on any atom is -0.342 e. The van der Waals surface area contributed by atoms with Crippen LogP contribution in [-0.4, -0.2) is 28.9 Å². The summed E-state index contributed by atoms with van der Waals surface area (Å²) in [5.74, 6) is 1.39. The normalized spacial score (nSPS) is 25.3. The third-order valence-corrected chi connectivity index (χ3v) is 6.64. The van der Waals surface area contributed by atoms with Crippen molar-refractivity contribution in [1.29, 1.82) is 0 Å². The molecule has 2 aliphatic rings. The molecule has 24 heavy (non-hydrogen) atoms. The zero-order valence-corrected chi connectivity index (χ0v) is 15.0. The van der Waals surface area contributed by atoms with Crippen molar-refractivity contribution in [3.05, 3.63) is 41.4 Å². The Balaban J connectivity index is 1.59. The Morgan fingerprint density at radius 1 is 1.17 bits per heavy atom. The third kappa shape index (κ3) is 3.00. The molecule has 1 amide bonds. The number of hydrogen-bond donors (Lipinski definition) is 0. The lowest BCUT2D eigenvalue weighted by Crippen LogP contribution is -2.43. The Labute approximate surface area is 147 Å². The number of hydrogen-bond acceptors (Lipinski definition) is 3. The minimum absolute atomic E-state index is 0.0592. The lowest BCUT2D eigenvalue weighted by atomic mass is 9.82. The van der Waals surface area contributed by atoms with E-state index in [0.717, 1.165) is 55.2 Å². The molecule has 2 unspecified atom stereocenters. The predicted octanol–water partition coefficient (Wildman–Crippen LogP) is 4.60. The topological polar surface area (TPSA) is 33.2 Å². The van der Waals surface area contributed by atoms with Crippen LogP contribution in [0.4, 0.5) is 0 Å². The van der Waals surface area contributed by atoms with E-state index in [2.05, 4.69) is 42.2 Å². The summed E-state index contributed by atoms with van der Waals surface area (Å²) in [6, 6.07) is 8.28. The number of rotatable bonds is 2. The molecule has 126 valence electrons. The van der Waals surface area contributed by atoms with E-state index >= 15 is 0 Å². The Morgan fingerprint density at radius 2 is 1.92 bits per heavy atom. The average molecular weight is 340 g/mol. The molecule has 0 spiro atoms. The Kier molecular flexibility index (Phi) is 4.40. The van der Waals surface area contributed by atoms with Crippen molar-refractivity contribution in [1.82, 2.24) is 9.88 Å². The summed E-state index contributed by atoms with van der Waals surface area (Å²) in [7, 11) is 0. The second-order valence-electron chi connectivity index (χ2n) is 7.18. The standard InChI is InChI=1S/C20H24N2OS/c1-14-10-12-22(13-11-14)20(23)16-7-3-2-6-15(16)19-21-17-8-4-5-9-18(17)24-19/h2-5,8-9,14-16H,6-7,10-13H2,1H3. The summed E-state index contributed by atoms with van der Waals surface area (Å²) in [4.78, 5) is 20.1. The van der Waals surface area contributed by atoms with E-state index in [1.807, 2.05) is 6.07 Å². The average Bonchev–Trinajstić information content (AvgIpc) is 3.06. The van der Waals surface area contributed by atoms with Crippen LogP contribution >= 0.6 is 11.3 Å². The van der Waals surface area contributed by atoms with Gasteiger partial charge in [-0.15, -0.1) is 11.3 Å². The van der Waals surface area contributed by atoms with Crippen LogP contribution in [0, 0.1) is 11.8 Å². The number of carbonyl (C=O) groups is 1. The van der Waals surface area contributed by atoms with Crippen molar-refractivity contribution in [2.24, 2.45) is 11.8 Å². The number of nitrogens with zero attached hydrogens (tertiary/aromatic N) is 2. The summed E-state index contributed by atoms with van der Waals surface area (Å²) in [5, 5.41) is 1.13. The number of carbonyl (C=O) groups excluding carboxylic acids is 1. The molecule has 2 heterocycles. The Hall–Kier alpha value is -1.68. The fraction of sp³-hybridized carbons (Fsp3) is 0.500.